The molecule has 0 spiro atoms. The van der Waals surface area contributed by atoms with Crippen LogP contribution in [-0.2, 0) is 5.68 Å². The summed E-state index contributed by atoms with van der Waals surface area (Å²) in [5.41, 5.74) is 0. The predicted octanol–water partition coefficient (Wildman–Crippen LogP) is 2.03. The second-order valence-electron chi connectivity index (χ2n) is 3.11. The maximum atomic E-state index is 5.80. The monoisotopic (exact) mass is 202 g/mol. The summed E-state index contributed by atoms with van der Waals surface area (Å²) in [6, 6.07) is 0. The summed E-state index contributed by atoms with van der Waals surface area (Å²) in [7, 11) is 0. The molecule has 0 aromatic heterocycles. The van der Waals surface area contributed by atoms with Crippen molar-refractivity contribution in [1.82, 2.24) is 0 Å². The minimum atomic E-state index is -1.21. The van der Waals surface area contributed by atoms with E-state index in [1.54, 1.807) is 0 Å². The zero-order valence-corrected chi connectivity index (χ0v) is 11.7. The van der Waals surface area contributed by atoms with Crippen LogP contribution in [0.15, 0.2) is 0 Å². The third-order valence-electron chi connectivity index (χ3n) is 1.46. The van der Waals surface area contributed by atoms with Crippen molar-refractivity contribution in [3.05, 3.63) is 0 Å². The quantitative estimate of drug-likeness (QED) is 0.635. The van der Waals surface area contributed by atoms with Crippen LogP contribution in [0, 0.1) is 0 Å². The van der Waals surface area contributed by atoms with Gasteiger partial charge in [-0.15, -0.1) is 0 Å². The van der Waals surface area contributed by atoms with Gasteiger partial charge < -0.3 is 5.68 Å². The lowest BCUT2D eigenvalue weighted by Crippen LogP contribution is -2.30. The van der Waals surface area contributed by atoms with Crippen LogP contribution in [0.5, 0.6) is 0 Å². The lowest BCUT2D eigenvalue weighted by molar-refractivity contribution is 0.446. The molecule has 2 nitrogen and oxygen atoms in total. The molecular weight excluding hydrogens is 185 g/mol. The third-order valence-corrected chi connectivity index (χ3v) is 9.71. The number of rotatable bonds is 5. The summed E-state index contributed by atoms with van der Waals surface area (Å²) in [5, 5.41) is 1.22. The van der Waals surface area contributed by atoms with Gasteiger partial charge in [0.05, 0.1) is 0 Å². The van der Waals surface area contributed by atoms with E-state index >= 15 is 0 Å². The third kappa shape index (κ3) is 7.86. The molecule has 0 aliphatic heterocycles. The average Bonchev–Trinajstić information content (AvgIpc) is 1.85. The molecule has 0 amide bonds. The molecule has 0 saturated carbocycles. The fourth-order valence-corrected chi connectivity index (χ4v) is 8.13. The van der Waals surface area contributed by atoms with Crippen LogP contribution in [0.1, 0.15) is 6.92 Å². The minimum absolute atomic E-state index is 0.839. The van der Waals surface area contributed by atoms with Crippen LogP contribution in [0.4, 0.5) is 0 Å². The molecule has 0 N–H and O–H groups in total. The highest BCUT2D eigenvalue weighted by Gasteiger charge is 2.23. The predicted molar refractivity (Wildman–Crippen MR) is 53.4 cm³/mol. The molecule has 0 aromatic carbocycles. The van der Waals surface area contributed by atoms with E-state index in [4.69, 9.17) is 5.68 Å². The summed E-state index contributed by atoms with van der Waals surface area (Å²) in [6.45, 7) is 2.20. The van der Waals surface area contributed by atoms with Crippen LogP contribution in [-0.4, -0.2) is 43.8 Å². The SMILES string of the molecule is C[CH2][Al]([CH3])[O][Al]([CH3])[O][Al]([CH3])[CH3]. The highest BCUT2D eigenvalue weighted by Crippen LogP contribution is 1.99. The Hall–Kier alpha value is 1.52. The molecule has 0 fully saturated rings. The lowest BCUT2D eigenvalue weighted by Gasteiger charge is -2.15. The molecule has 0 aromatic rings. The molecule has 0 unspecified atom stereocenters. The fraction of sp³-hybridized carbons (Fsp3) is 1.00. The van der Waals surface area contributed by atoms with Gasteiger partial charge in [0.15, 0.2) is 0 Å². The Morgan fingerprint density at radius 3 is 1.91 bits per heavy atom. The topological polar surface area (TPSA) is 18.5 Å². The second kappa shape index (κ2) is 6.97. The smallest absolute Gasteiger partial charge is 0.609 e. The Kier molecular flexibility index (Phi) is 7.93. The summed E-state index contributed by atoms with van der Waals surface area (Å²) < 4.78 is 11.5. The Morgan fingerprint density at radius 2 is 1.55 bits per heavy atom. The molecule has 0 bridgehead atoms. The molecule has 0 aliphatic carbocycles. The highest BCUT2D eigenvalue weighted by molar-refractivity contribution is 6.67. The molecule has 0 rings (SSSR count). The standard InChI is InChI=1S/C2H5.4CH3.3Al.2O/c1-2;;;;;;;;;/h1H2,2H3;4*1H3;;;;;. The maximum absolute atomic E-state index is 5.80. The van der Waals surface area contributed by atoms with Crippen molar-refractivity contribution in [2.24, 2.45) is 0 Å². The van der Waals surface area contributed by atoms with Gasteiger partial charge in [0.25, 0.3) is 0 Å². The maximum Gasteiger partial charge on any atom is 0.609 e. The van der Waals surface area contributed by atoms with Crippen molar-refractivity contribution >= 4 is 43.8 Å². The first-order valence-corrected chi connectivity index (χ1v) is 11.7. The van der Waals surface area contributed by atoms with Gasteiger partial charge in [-0.3, -0.25) is 0 Å². The number of hydrogen-bond acceptors (Lipinski definition) is 2. The Morgan fingerprint density at radius 1 is 1.00 bits per heavy atom. The van der Waals surface area contributed by atoms with Gasteiger partial charge in [-0.2, -0.15) is 0 Å². The van der Waals surface area contributed by atoms with Gasteiger partial charge in [0.1, 0.15) is 0 Å². The molecule has 11 heavy (non-hydrogen) atoms. The molecule has 0 atom stereocenters. The molecule has 0 radical (unpaired) electrons. The zero-order valence-electron chi connectivity index (χ0n) is 8.26. The van der Waals surface area contributed by atoms with Gasteiger partial charge in [-0.25, -0.2) is 0 Å². The van der Waals surface area contributed by atoms with E-state index in [0.29, 0.717) is 0 Å². The Labute approximate surface area is 84.4 Å². The largest absolute Gasteiger partial charge is 0.616 e. The van der Waals surface area contributed by atoms with Crippen molar-refractivity contribution in [2.45, 2.75) is 35.3 Å². The summed E-state index contributed by atoms with van der Waals surface area (Å²) in [4.78, 5) is 0. The molecule has 0 aliphatic rings. The summed E-state index contributed by atoms with van der Waals surface area (Å²) >= 11 is -2.89. The van der Waals surface area contributed by atoms with Gasteiger partial charge in [-0.05, 0) is 0 Å². The average molecular weight is 202 g/mol. The molecule has 5 heteroatoms. The lowest BCUT2D eigenvalue weighted by atomic mass is 11.0. The first-order chi connectivity index (χ1) is 5.06. The number of hydrogen-bond donors (Lipinski definition) is 0. The van der Waals surface area contributed by atoms with Crippen LogP contribution in [0.3, 0.4) is 0 Å². The van der Waals surface area contributed by atoms with Crippen LogP contribution >= 0.6 is 0 Å². The zero-order chi connectivity index (χ0) is 8.85. The van der Waals surface area contributed by atoms with E-state index in [2.05, 4.69) is 30.1 Å². The summed E-state index contributed by atoms with van der Waals surface area (Å²) in [5.74, 6) is 8.79. The van der Waals surface area contributed by atoms with Crippen molar-refractivity contribution in [1.29, 1.82) is 0 Å². The van der Waals surface area contributed by atoms with Gasteiger partial charge in [0.2, 0.25) is 0 Å². The van der Waals surface area contributed by atoms with Crippen molar-refractivity contribution in [3.8, 4) is 0 Å². The first-order valence-electron chi connectivity index (χ1n) is 4.37. The van der Waals surface area contributed by atoms with E-state index in [9.17, 15) is 0 Å². The van der Waals surface area contributed by atoms with Crippen molar-refractivity contribution < 1.29 is 5.68 Å². The van der Waals surface area contributed by atoms with E-state index < -0.39 is 43.8 Å². The van der Waals surface area contributed by atoms with Crippen LogP contribution in [0.2, 0.25) is 28.4 Å². The summed E-state index contributed by atoms with van der Waals surface area (Å²) in [6.07, 6.45) is 0. The van der Waals surface area contributed by atoms with Crippen molar-refractivity contribution in [3.63, 3.8) is 0 Å². The Bertz CT molecular complexity index is 99.8. The van der Waals surface area contributed by atoms with E-state index in [-0.39, 0.29) is 0 Å². The molecular formula is C6H17Al3O2. The first kappa shape index (κ1) is 12.5. The Balaban J connectivity index is 3.43. The fourth-order valence-electron chi connectivity index (χ4n) is 0.839. The van der Waals surface area contributed by atoms with Crippen LogP contribution < -0.4 is 0 Å². The van der Waals surface area contributed by atoms with Gasteiger partial charge in [-0.1, -0.05) is 35.3 Å². The van der Waals surface area contributed by atoms with Gasteiger partial charge >= 0.3 is 43.8 Å². The molecule has 0 saturated heterocycles. The van der Waals surface area contributed by atoms with E-state index in [0.717, 1.165) is 0 Å². The minimum Gasteiger partial charge on any atom is -0.616 e. The highest BCUT2D eigenvalue weighted by atomic mass is 27.3. The van der Waals surface area contributed by atoms with Crippen molar-refractivity contribution in [2.75, 3.05) is 0 Å². The van der Waals surface area contributed by atoms with Crippen LogP contribution in [0.25, 0.3) is 0 Å². The normalized spacial score (nSPS) is 9.55. The van der Waals surface area contributed by atoms with Gasteiger partial charge in [0, 0.05) is 0 Å². The molecule has 62 valence electrons. The van der Waals surface area contributed by atoms with E-state index in [1.165, 1.54) is 5.28 Å². The van der Waals surface area contributed by atoms with E-state index in [1.807, 2.05) is 0 Å². The second-order valence-corrected chi connectivity index (χ2v) is 11.0. The molecule has 0 heterocycles.